The molecule has 0 atom stereocenters. The van der Waals surface area contributed by atoms with Crippen LogP contribution in [0, 0.1) is 11.6 Å². The summed E-state index contributed by atoms with van der Waals surface area (Å²) in [5.74, 6) is -1.16. The Morgan fingerprint density at radius 1 is 0.920 bits per heavy atom. The highest BCUT2D eigenvalue weighted by atomic mass is 32.2. The van der Waals surface area contributed by atoms with Gasteiger partial charge in [-0.05, 0) is 36.2 Å². The predicted molar refractivity (Wildman–Crippen MR) is 95.5 cm³/mol. The number of anilines is 1. The SMILES string of the molecule is O=C(CSCC(=O)Nc1ccccc1F)NCCc1ccc(F)cc1. The second-order valence-electron chi connectivity index (χ2n) is 5.25. The molecule has 0 fully saturated rings. The highest BCUT2D eigenvalue weighted by molar-refractivity contribution is 8.00. The van der Waals surface area contributed by atoms with Crippen molar-refractivity contribution in [2.75, 3.05) is 23.4 Å². The number of nitrogens with one attached hydrogen (secondary N) is 2. The van der Waals surface area contributed by atoms with Crippen LogP contribution in [0.15, 0.2) is 48.5 Å². The number of hydrogen-bond donors (Lipinski definition) is 2. The molecule has 132 valence electrons. The fraction of sp³-hybridized carbons (Fsp3) is 0.222. The summed E-state index contributed by atoms with van der Waals surface area (Å²) in [4.78, 5) is 23.4. The van der Waals surface area contributed by atoms with Crippen molar-refractivity contribution >= 4 is 29.3 Å². The van der Waals surface area contributed by atoms with Gasteiger partial charge in [-0.1, -0.05) is 24.3 Å². The molecule has 0 aromatic heterocycles. The van der Waals surface area contributed by atoms with E-state index < -0.39 is 5.82 Å². The third-order valence-corrected chi connectivity index (χ3v) is 4.20. The van der Waals surface area contributed by atoms with E-state index in [9.17, 15) is 18.4 Å². The first-order chi connectivity index (χ1) is 12.0. The zero-order chi connectivity index (χ0) is 18.1. The highest BCUT2D eigenvalue weighted by Gasteiger charge is 2.08. The molecule has 2 aromatic rings. The molecule has 0 aliphatic rings. The van der Waals surface area contributed by atoms with Crippen LogP contribution in [0.25, 0.3) is 0 Å². The van der Waals surface area contributed by atoms with Crippen molar-refractivity contribution in [3.8, 4) is 0 Å². The van der Waals surface area contributed by atoms with Crippen LogP contribution in [0.4, 0.5) is 14.5 Å². The average molecular weight is 364 g/mol. The summed E-state index contributed by atoms with van der Waals surface area (Å²) in [6.45, 7) is 0.437. The van der Waals surface area contributed by atoms with E-state index >= 15 is 0 Å². The first-order valence-electron chi connectivity index (χ1n) is 7.68. The van der Waals surface area contributed by atoms with Crippen LogP contribution in [-0.2, 0) is 16.0 Å². The van der Waals surface area contributed by atoms with Crippen molar-refractivity contribution in [2.45, 2.75) is 6.42 Å². The standard InChI is InChI=1S/C18H18F2N2O2S/c19-14-7-5-13(6-8-14)9-10-21-17(23)11-25-12-18(24)22-16-4-2-1-3-15(16)20/h1-8H,9-12H2,(H,21,23)(H,22,24). The van der Waals surface area contributed by atoms with Crippen molar-refractivity contribution in [3.05, 3.63) is 65.7 Å². The van der Waals surface area contributed by atoms with Gasteiger partial charge < -0.3 is 10.6 Å². The molecular formula is C18H18F2N2O2S. The Morgan fingerprint density at radius 3 is 2.32 bits per heavy atom. The zero-order valence-electron chi connectivity index (χ0n) is 13.4. The maximum Gasteiger partial charge on any atom is 0.234 e. The van der Waals surface area contributed by atoms with Crippen molar-refractivity contribution in [1.82, 2.24) is 5.32 Å². The van der Waals surface area contributed by atoms with Gasteiger partial charge in [-0.3, -0.25) is 9.59 Å². The fourth-order valence-electron chi connectivity index (χ4n) is 2.03. The number of carbonyl (C=O) groups is 2. The van der Waals surface area contributed by atoms with Crippen molar-refractivity contribution in [2.24, 2.45) is 0 Å². The minimum atomic E-state index is -0.501. The van der Waals surface area contributed by atoms with Gasteiger partial charge >= 0.3 is 0 Å². The summed E-state index contributed by atoms with van der Waals surface area (Å²) < 4.78 is 26.2. The van der Waals surface area contributed by atoms with Gasteiger partial charge in [-0.15, -0.1) is 11.8 Å². The highest BCUT2D eigenvalue weighted by Crippen LogP contribution is 2.13. The van der Waals surface area contributed by atoms with E-state index in [4.69, 9.17) is 0 Å². The Morgan fingerprint density at radius 2 is 1.60 bits per heavy atom. The van der Waals surface area contributed by atoms with Crippen LogP contribution in [0.5, 0.6) is 0 Å². The van der Waals surface area contributed by atoms with Gasteiger partial charge in [0, 0.05) is 6.54 Å². The Hall–Kier alpha value is -2.41. The van der Waals surface area contributed by atoms with E-state index in [0.29, 0.717) is 13.0 Å². The van der Waals surface area contributed by atoms with E-state index in [-0.39, 0.29) is 34.8 Å². The summed E-state index contributed by atoms with van der Waals surface area (Å²) in [7, 11) is 0. The second-order valence-corrected chi connectivity index (χ2v) is 6.23. The number of para-hydroxylation sites is 1. The lowest BCUT2D eigenvalue weighted by atomic mass is 10.1. The predicted octanol–water partition coefficient (Wildman–Crippen LogP) is 3.00. The maximum absolute atomic E-state index is 13.4. The number of halogens is 2. The van der Waals surface area contributed by atoms with Crippen LogP contribution in [-0.4, -0.2) is 29.9 Å². The van der Waals surface area contributed by atoms with E-state index in [1.54, 1.807) is 18.2 Å². The molecular weight excluding hydrogens is 346 g/mol. The van der Waals surface area contributed by atoms with E-state index in [1.165, 1.54) is 30.3 Å². The fourth-order valence-corrected chi connectivity index (χ4v) is 2.68. The molecule has 0 aliphatic heterocycles. The lowest BCUT2D eigenvalue weighted by Crippen LogP contribution is -2.28. The van der Waals surface area contributed by atoms with Gasteiger partial charge in [0.25, 0.3) is 0 Å². The third-order valence-electron chi connectivity index (χ3n) is 3.26. The molecule has 2 aromatic carbocycles. The van der Waals surface area contributed by atoms with Gasteiger partial charge in [0.2, 0.25) is 11.8 Å². The summed E-state index contributed by atoms with van der Waals surface area (Å²) in [6.07, 6.45) is 0.602. The molecule has 0 spiro atoms. The largest absolute Gasteiger partial charge is 0.355 e. The zero-order valence-corrected chi connectivity index (χ0v) is 14.2. The average Bonchev–Trinajstić information content (AvgIpc) is 2.59. The number of carbonyl (C=O) groups excluding carboxylic acids is 2. The third kappa shape index (κ3) is 6.93. The molecule has 0 bridgehead atoms. The van der Waals surface area contributed by atoms with Crippen molar-refractivity contribution in [3.63, 3.8) is 0 Å². The number of rotatable bonds is 8. The van der Waals surface area contributed by atoms with Crippen molar-refractivity contribution in [1.29, 1.82) is 0 Å². The van der Waals surface area contributed by atoms with Crippen LogP contribution in [0.2, 0.25) is 0 Å². The normalized spacial score (nSPS) is 10.3. The minimum absolute atomic E-state index is 0.0553. The van der Waals surface area contributed by atoms with Gasteiger partial charge in [0.05, 0.1) is 17.2 Å². The molecule has 0 unspecified atom stereocenters. The first kappa shape index (κ1) is 18.9. The molecule has 25 heavy (non-hydrogen) atoms. The summed E-state index contributed by atoms with van der Waals surface area (Å²) in [5.41, 5.74) is 1.05. The number of amides is 2. The minimum Gasteiger partial charge on any atom is -0.355 e. The molecule has 2 N–H and O–H groups in total. The molecule has 0 heterocycles. The van der Waals surface area contributed by atoms with Crippen LogP contribution < -0.4 is 10.6 Å². The van der Waals surface area contributed by atoms with Gasteiger partial charge in [-0.2, -0.15) is 0 Å². The van der Waals surface area contributed by atoms with Crippen molar-refractivity contribution < 1.29 is 18.4 Å². The topological polar surface area (TPSA) is 58.2 Å². The molecule has 0 saturated heterocycles. The molecule has 7 heteroatoms. The monoisotopic (exact) mass is 364 g/mol. The van der Waals surface area contributed by atoms with Crippen LogP contribution in [0.1, 0.15) is 5.56 Å². The van der Waals surface area contributed by atoms with Gasteiger partial charge in [0.1, 0.15) is 11.6 Å². The molecule has 2 amide bonds. The first-order valence-corrected chi connectivity index (χ1v) is 8.83. The van der Waals surface area contributed by atoms with E-state index in [2.05, 4.69) is 10.6 Å². The molecule has 4 nitrogen and oxygen atoms in total. The Kier molecular flexibility index (Phi) is 7.40. The molecule has 0 saturated carbocycles. The van der Waals surface area contributed by atoms with Gasteiger partial charge in [-0.25, -0.2) is 8.78 Å². The van der Waals surface area contributed by atoms with E-state index in [1.807, 2.05) is 0 Å². The molecule has 2 rings (SSSR count). The molecule has 0 radical (unpaired) electrons. The lowest BCUT2D eigenvalue weighted by molar-refractivity contribution is -0.118. The quantitative estimate of drug-likeness (QED) is 0.757. The summed E-state index contributed by atoms with van der Waals surface area (Å²) >= 11 is 1.15. The molecule has 0 aliphatic carbocycles. The number of benzene rings is 2. The summed E-state index contributed by atoms with van der Waals surface area (Å²) in [5, 5.41) is 5.19. The van der Waals surface area contributed by atoms with E-state index in [0.717, 1.165) is 17.3 Å². The number of hydrogen-bond acceptors (Lipinski definition) is 3. The van der Waals surface area contributed by atoms with Crippen LogP contribution >= 0.6 is 11.8 Å². The summed E-state index contributed by atoms with van der Waals surface area (Å²) in [6, 6.07) is 12.0. The maximum atomic E-state index is 13.4. The Balaban J connectivity index is 1.61. The van der Waals surface area contributed by atoms with Gasteiger partial charge in [0.15, 0.2) is 0 Å². The Bertz CT molecular complexity index is 723. The lowest BCUT2D eigenvalue weighted by Gasteiger charge is -2.07. The smallest absolute Gasteiger partial charge is 0.234 e. The Labute approximate surface area is 149 Å². The van der Waals surface area contributed by atoms with Crippen LogP contribution in [0.3, 0.4) is 0 Å². The second kappa shape index (κ2) is 9.78. The number of thioether (sulfide) groups is 1.